The van der Waals surface area contributed by atoms with Gasteiger partial charge in [0.15, 0.2) is 0 Å². The number of carbonyl (C=O) groups excluding carboxylic acids is 3. The van der Waals surface area contributed by atoms with E-state index < -0.39 is 23.8 Å². The fourth-order valence-electron chi connectivity index (χ4n) is 2.89. The van der Waals surface area contributed by atoms with Crippen LogP contribution in [0.5, 0.6) is 0 Å². The summed E-state index contributed by atoms with van der Waals surface area (Å²) in [5.41, 5.74) is 2.23. The van der Waals surface area contributed by atoms with Crippen LogP contribution in [0, 0.1) is 5.92 Å². The number of benzene rings is 1. The third kappa shape index (κ3) is 5.54. The lowest BCUT2D eigenvalue weighted by Gasteiger charge is -2.18. The molecule has 1 unspecified atom stereocenters. The monoisotopic (exact) mass is 454 g/mol. The maximum atomic E-state index is 12.4. The molecular weight excluding hydrogens is 432 g/mol. The van der Waals surface area contributed by atoms with Gasteiger partial charge in [0.25, 0.3) is 0 Å². The zero-order valence-electron chi connectivity index (χ0n) is 16.0. The van der Waals surface area contributed by atoms with Gasteiger partial charge in [-0.2, -0.15) is 5.10 Å². The van der Waals surface area contributed by atoms with Crippen LogP contribution in [0.3, 0.4) is 0 Å². The van der Waals surface area contributed by atoms with Crippen LogP contribution in [0.4, 0.5) is 0 Å². The first-order valence-corrected chi connectivity index (χ1v) is 9.75. The van der Waals surface area contributed by atoms with Gasteiger partial charge in [0, 0.05) is 22.3 Å². The molecule has 2 rings (SSSR count). The van der Waals surface area contributed by atoms with E-state index in [0.29, 0.717) is 0 Å². The number of aromatic amines is 1. The highest BCUT2D eigenvalue weighted by Gasteiger charge is 2.26. The van der Waals surface area contributed by atoms with E-state index in [2.05, 4.69) is 26.1 Å². The Kier molecular flexibility index (Phi) is 7.98. The molecule has 1 atom stereocenters. The molecule has 0 fully saturated rings. The third-order valence-corrected chi connectivity index (χ3v) is 4.74. The summed E-state index contributed by atoms with van der Waals surface area (Å²) in [6, 6.07) is 1.83. The lowest BCUT2D eigenvalue weighted by atomic mass is 9.92. The maximum absolute atomic E-state index is 12.4. The van der Waals surface area contributed by atoms with Crippen molar-refractivity contribution in [3.05, 3.63) is 27.9 Å². The van der Waals surface area contributed by atoms with Crippen molar-refractivity contribution in [2.45, 2.75) is 40.2 Å². The number of carbonyl (C=O) groups is 3. The number of aromatic nitrogens is 2. The van der Waals surface area contributed by atoms with Gasteiger partial charge in [0.05, 0.1) is 37.3 Å². The van der Waals surface area contributed by atoms with Gasteiger partial charge in [-0.25, -0.2) is 0 Å². The Hall–Kier alpha value is -2.42. The molecule has 1 heterocycles. The molecule has 0 radical (unpaired) electrons. The normalized spacial score (nSPS) is 11.9. The zero-order chi connectivity index (χ0) is 20.7. The average molecular weight is 455 g/mol. The summed E-state index contributed by atoms with van der Waals surface area (Å²) in [5.74, 6) is -2.08. The number of esters is 3. The van der Waals surface area contributed by atoms with Crippen LogP contribution in [0.25, 0.3) is 10.9 Å². The minimum Gasteiger partial charge on any atom is -0.466 e. The van der Waals surface area contributed by atoms with E-state index in [1.54, 1.807) is 20.0 Å². The number of hydrogen-bond donors (Lipinski definition) is 1. The number of H-pyrrole nitrogens is 1. The topological polar surface area (TPSA) is 108 Å². The minimum absolute atomic E-state index is 0.0307. The molecule has 0 aliphatic carbocycles. The van der Waals surface area contributed by atoms with Gasteiger partial charge in [-0.1, -0.05) is 0 Å². The van der Waals surface area contributed by atoms with Gasteiger partial charge >= 0.3 is 17.9 Å². The summed E-state index contributed by atoms with van der Waals surface area (Å²) < 4.78 is 16.1. The summed E-state index contributed by atoms with van der Waals surface area (Å²) in [4.78, 5) is 35.7. The van der Waals surface area contributed by atoms with Crippen molar-refractivity contribution in [1.29, 1.82) is 0 Å². The minimum atomic E-state index is -0.716. The lowest BCUT2D eigenvalue weighted by Crippen LogP contribution is -2.24. The molecule has 8 nitrogen and oxygen atoms in total. The molecule has 0 amide bonds. The Labute approximate surface area is 171 Å². The number of halogens is 1. The molecule has 28 heavy (non-hydrogen) atoms. The summed E-state index contributed by atoms with van der Waals surface area (Å²) in [5, 5.41) is 7.70. The zero-order valence-corrected chi connectivity index (χ0v) is 17.6. The Balaban J connectivity index is 2.40. The molecule has 1 aromatic carbocycles. The van der Waals surface area contributed by atoms with Crippen molar-refractivity contribution in [1.82, 2.24) is 10.2 Å². The highest BCUT2D eigenvalue weighted by atomic mass is 79.9. The first kappa shape index (κ1) is 21.9. The van der Waals surface area contributed by atoms with Gasteiger partial charge in [0.2, 0.25) is 0 Å². The Bertz CT molecular complexity index is 863. The molecule has 2 aromatic rings. The molecule has 152 valence electrons. The van der Waals surface area contributed by atoms with Crippen LogP contribution in [0.1, 0.15) is 38.3 Å². The van der Waals surface area contributed by atoms with Gasteiger partial charge < -0.3 is 14.2 Å². The van der Waals surface area contributed by atoms with Crippen molar-refractivity contribution in [3.8, 4) is 0 Å². The standard InChI is InChI=1S/C19H23BrN2O6/c1-4-26-17(24)8-13(19(25)27-5-2)6-12-7-16(20)18-14(9-21-22-18)15(12)10-28-11(3)23/h7,9,13H,4-6,8,10H2,1-3H3,(H,21,22). The van der Waals surface area contributed by atoms with E-state index in [1.807, 2.05) is 6.07 Å². The Morgan fingerprint density at radius 3 is 2.54 bits per heavy atom. The molecule has 0 bridgehead atoms. The van der Waals surface area contributed by atoms with Crippen LogP contribution in [0.2, 0.25) is 0 Å². The molecule has 0 saturated carbocycles. The van der Waals surface area contributed by atoms with E-state index in [4.69, 9.17) is 14.2 Å². The van der Waals surface area contributed by atoms with Crippen LogP contribution in [-0.4, -0.2) is 41.3 Å². The fourth-order valence-corrected chi connectivity index (χ4v) is 3.47. The summed E-state index contributed by atoms with van der Waals surface area (Å²) in [6.07, 6.45) is 1.77. The van der Waals surface area contributed by atoms with E-state index in [1.165, 1.54) is 6.92 Å². The number of rotatable bonds is 9. The van der Waals surface area contributed by atoms with Crippen molar-refractivity contribution < 1.29 is 28.6 Å². The Morgan fingerprint density at radius 2 is 1.89 bits per heavy atom. The summed E-state index contributed by atoms with van der Waals surface area (Å²) in [7, 11) is 0. The first-order chi connectivity index (χ1) is 13.4. The third-order valence-electron chi connectivity index (χ3n) is 4.12. The van der Waals surface area contributed by atoms with E-state index in [-0.39, 0.29) is 32.7 Å². The summed E-state index contributed by atoms with van der Waals surface area (Å²) in [6.45, 7) is 5.22. The number of fused-ring (bicyclic) bond motifs is 1. The molecule has 0 aliphatic rings. The van der Waals surface area contributed by atoms with E-state index in [0.717, 1.165) is 26.5 Å². The number of nitrogens with zero attached hydrogens (tertiary/aromatic N) is 1. The highest BCUT2D eigenvalue weighted by molar-refractivity contribution is 9.10. The van der Waals surface area contributed by atoms with Crippen LogP contribution < -0.4 is 0 Å². The predicted molar refractivity (Wildman–Crippen MR) is 104 cm³/mol. The molecule has 1 N–H and O–H groups in total. The maximum Gasteiger partial charge on any atom is 0.309 e. The largest absolute Gasteiger partial charge is 0.466 e. The molecule has 0 spiro atoms. The van der Waals surface area contributed by atoms with Crippen LogP contribution in [-0.2, 0) is 41.6 Å². The van der Waals surface area contributed by atoms with Crippen LogP contribution >= 0.6 is 15.9 Å². The average Bonchev–Trinajstić information content (AvgIpc) is 3.11. The molecule has 0 saturated heterocycles. The number of hydrogen-bond acceptors (Lipinski definition) is 7. The summed E-state index contributed by atoms with van der Waals surface area (Å²) >= 11 is 3.49. The van der Waals surface area contributed by atoms with E-state index in [9.17, 15) is 14.4 Å². The van der Waals surface area contributed by atoms with Crippen molar-refractivity contribution in [2.75, 3.05) is 13.2 Å². The SMILES string of the molecule is CCOC(=O)CC(Cc1cc(Br)c2[nH]ncc2c1COC(C)=O)C(=O)OCC. The second-order valence-corrected chi connectivity index (χ2v) is 6.95. The Morgan fingerprint density at radius 1 is 1.18 bits per heavy atom. The first-order valence-electron chi connectivity index (χ1n) is 8.96. The molecular formula is C19H23BrN2O6. The van der Waals surface area contributed by atoms with Crippen LogP contribution in [0.15, 0.2) is 16.7 Å². The second kappa shape index (κ2) is 10.2. The molecule has 1 aromatic heterocycles. The highest BCUT2D eigenvalue weighted by Crippen LogP contribution is 2.31. The van der Waals surface area contributed by atoms with Gasteiger partial charge in [-0.15, -0.1) is 0 Å². The lowest BCUT2D eigenvalue weighted by molar-refractivity contribution is -0.154. The second-order valence-electron chi connectivity index (χ2n) is 6.10. The van der Waals surface area contributed by atoms with Crippen molar-refractivity contribution in [3.63, 3.8) is 0 Å². The quantitative estimate of drug-likeness (QED) is 0.458. The van der Waals surface area contributed by atoms with Crippen molar-refractivity contribution in [2.24, 2.45) is 5.92 Å². The number of ether oxygens (including phenoxy) is 3. The van der Waals surface area contributed by atoms with Crippen molar-refractivity contribution >= 4 is 44.7 Å². The smallest absolute Gasteiger partial charge is 0.309 e. The molecule has 9 heteroatoms. The van der Waals surface area contributed by atoms with E-state index >= 15 is 0 Å². The van der Waals surface area contributed by atoms with Gasteiger partial charge in [-0.05, 0) is 47.8 Å². The van der Waals surface area contributed by atoms with Gasteiger partial charge in [-0.3, -0.25) is 19.5 Å². The fraction of sp³-hybridized carbons (Fsp3) is 0.474. The van der Waals surface area contributed by atoms with Gasteiger partial charge in [0.1, 0.15) is 6.61 Å². The molecule has 0 aliphatic heterocycles. The predicted octanol–water partition coefficient (Wildman–Crippen LogP) is 3.06. The number of nitrogens with one attached hydrogen (secondary N) is 1.